The second kappa shape index (κ2) is 4.14. The van der Waals surface area contributed by atoms with Gasteiger partial charge in [0.25, 0.3) is 0 Å². The average molecular weight is 210 g/mol. The molecule has 0 saturated carbocycles. The Bertz CT molecular complexity index is 381. The topological polar surface area (TPSA) is 68.5 Å². The number of hydrogen-bond acceptors (Lipinski definition) is 6. The monoisotopic (exact) mass is 210 g/mol. The summed E-state index contributed by atoms with van der Waals surface area (Å²) in [5, 5.41) is 8.13. The molecule has 0 bridgehead atoms. The van der Waals surface area contributed by atoms with Crippen molar-refractivity contribution in [3.05, 3.63) is 18.5 Å². The molecule has 2 rings (SSSR count). The van der Waals surface area contributed by atoms with Crippen LogP contribution in [0.25, 0.3) is 0 Å². The van der Waals surface area contributed by atoms with E-state index in [0.717, 1.165) is 23.9 Å². The van der Waals surface area contributed by atoms with Gasteiger partial charge in [-0.15, -0.1) is 0 Å². The summed E-state index contributed by atoms with van der Waals surface area (Å²) in [5.74, 6) is 0.838. The van der Waals surface area contributed by atoms with Gasteiger partial charge in [-0.05, 0) is 0 Å². The van der Waals surface area contributed by atoms with Crippen molar-refractivity contribution in [3.8, 4) is 0 Å². The maximum atomic E-state index is 4.16. The molecule has 0 radical (unpaired) electrons. The third-order valence-electron chi connectivity index (χ3n) is 1.63. The summed E-state index contributed by atoms with van der Waals surface area (Å²) in [6.45, 7) is 0.777. The van der Waals surface area contributed by atoms with Crippen molar-refractivity contribution < 1.29 is 0 Å². The Hall–Kier alpha value is -1.50. The first kappa shape index (κ1) is 9.07. The molecule has 0 unspecified atom stereocenters. The van der Waals surface area contributed by atoms with Gasteiger partial charge in [0.15, 0.2) is 5.82 Å². The van der Waals surface area contributed by atoms with Gasteiger partial charge in [0, 0.05) is 31.5 Å². The van der Waals surface area contributed by atoms with E-state index in [-0.39, 0.29) is 0 Å². The molecule has 2 aromatic heterocycles. The molecule has 7 heteroatoms. The van der Waals surface area contributed by atoms with E-state index in [0.29, 0.717) is 0 Å². The zero-order chi connectivity index (χ0) is 9.80. The Morgan fingerprint density at radius 3 is 3.07 bits per heavy atom. The Morgan fingerprint density at radius 1 is 1.50 bits per heavy atom. The second-order valence-electron chi connectivity index (χ2n) is 2.76. The fourth-order valence-electron chi connectivity index (χ4n) is 1.03. The maximum absolute atomic E-state index is 4.16. The highest BCUT2D eigenvalue weighted by Gasteiger charge is 1.99. The number of aromatic nitrogens is 5. The summed E-state index contributed by atoms with van der Waals surface area (Å²) in [6.07, 6.45) is 4.02. The second-order valence-corrected chi connectivity index (χ2v) is 3.54. The predicted octanol–water partition coefficient (Wildman–Crippen LogP) is 0.321. The molecule has 14 heavy (non-hydrogen) atoms. The molecule has 0 atom stereocenters. The standard InChI is InChI=1S/C7H10N6S/c1-13-5-10-6(12-13)2-3-8-7-9-4-11-14-7/h4-5H,2-3H2,1H3,(H,8,9,11). The van der Waals surface area contributed by atoms with Gasteiger partial charge >= 0.3 is 0 Å². The van der Waals surface area contributed by atoms with Crippen LogP contribution in [-0.4, -0.2) is 30.7 Å². The zero-order valence-corrected chi connectivity index (χ0v) is 8.53. The lowest BCUT2D eigenvalue weighted by atomic mass is 10.4. The SMILES string of the molecule is Cn1cnc(CCNc2ncns2)n1. The normalized spacial score (nSPS) is 10.4. The first-order chi connectivity index (χ1) is 6.84. The van der Waals surface area contributed by atoms with Crippen LogP contribution in [0.15, 0.2) is 12.7 Å². The van der Waals surface area contributed by atoms with Crippen LogP contribution in [0.5, 0.6) is 0 Å². The average Bonchev–Trinajstić information content (AvgIpc) is 2.77. The molecule has 0 saturated heterocycles. The zero-order valence-electron chi connectivity index (χ0n) is 7.71. The van der Waals surface area contributed by atoms with Crippen molar-refractivity contribution in [2.45, 2.75) is 6.42 Å². The van der Waals surface area contributed by atoms with E-state index in [1.807, 2.05) is 7.05 Å². The van der Waals surface area contributed by atoms with Crippen LogP contribution in [0.2, 0.25) is 0 Å². The molecule has 2 aromatic rings. The van der Waals surface area contributed by atoms with Crippen LogP contribution in [0.4, 0.5) is 5.13 Å². The summed E-state index contributed by atoms with van der Waals surface area (Å²) < 4.78 is 5.58. The Labute approximate surface area is 85.2 Å². The molecule has 0 aliphatic rings. The molecule has 1 N–H and O–H groups in total. The van der Waals surface area contributed by atoms with Crippen LogP contribution in [0.1, 0.15) is 5.82 Å². The highest BCUT2D eigenvalue weighted by Crippen LogP contribution is 2.05. The van der Waals surface area contributed by atoms with E-state index in [1.54, 1.807) is 11.0 Å². The lowest BCUT2D eigenvalue weighted by molar-refractivity contribution is 0.742. The van der Waals surface area contributed by atoms with Crippen molar-refractivity contribution in [3.63, 3.8) is 0 Å². The maximum Gasteiger partial charge on any atom is 0.202 e. The fraction of sp³-hybridized carbons (Fsp3) is 0.429. The summed E-state index contributed by atoms with van der Waals surface area (Å²) in [6, 6.07) is 0. The van der Waals surface area contributed by atoms with Crippen LogP contribution >= 0.6 is 11.5 Å². The molecule has 0 spiro atoms. The molecule has 0 fully saturated rings. The largest absolute Gasteiger partial charge is 0.360 e. The number of aryl methyl sites for hydroxylation is 1. The Balaban J connectivity index is 1.78. The van der Waals surface area contributed by atoms with Gasteiger partial charge in [-0.2, -0.15) is 9.47 Å². The molecule has 0 aliphatic carbocycles. The highest BCUT2D eigenvalue weighted by atomic mass is 32.1. The summed E-state index contributed by atoms with van der Waals surface area (Å²) in [5.41, 5.74) is 0. The number of nitrogens with zero attached hydrogens (tertiary/aromatic N) is 5. The lowest BCUT2D eigenvalue weighted by Crippen LogP contribution is -2.06. The summed E-state index contributed by atoms with van der Waals surface area (Å²) in [4.78, 5) is 8.12. The molecular weight excluding hydrogens is 200 g/mol. The van der Waals surface area contributed by atoms with Gasteiger partial charge in [-0.25, -0.2) is 9.97 Å². The van der Waals surface area contributed by atoms with Gasteiger partial charge < -0.3 is 5.32 Å². The first-order valence-corrected chi connectivity index (χ1v) is 4.97. The minimum atomic E-state index is 0.777. The van der Waals surface area contributed by atoms with E-state index in [4.69, 9.17) is 0 Å². The van der Waals surface area contributed by atoms with Gasteiger partial charge in [0.1, 0.15) is 12.7 Å². The lowest BCUT2D eigenvalue weighted by Gasteiger charge is -1.97. The molecule has 74 valence electrons. The quantitative estimate of drug-likeness (QED) is 0.787. The van der Waals surface area contributed by atoms with Crippen LogP contribution < -0.4 is 5.32 Å². The Morgan fingerprint density at radius 2 is 2.43 bits per heavy atom. The first-order valence-electron chi connectivity index (χ1n) is 4.19. The number of rotatable bonds is 4. The van der Waals surface area contributed by atoms with Crippen molar-refractivity contribution >= 4 is 16.7 Å². The molecule has 0 aliphatic heterocycles. The third kappa shape index (κ3) is 2.25. The molecule has 0 aromatic carbocycles. The van der Waals surface area contributed by atoms with E-state index < -0.39 is 0 Å². The predicted molar refractivity (Wildman–Crippen MR) is 53.1 cm³/mol. The van der Waals surface area contributed by atoms with Gasteiger partial charge in [-0.3, -0.25) is 4.68 Å². The van der Waals surface area contributed by atoms with Crippen LogP contribution in [0, 0.1) is 0 Å². The molecule has 6 nitrogen and oxygen atoms in total. The summed E-state index contributed by atoms with van der Waals surface area (Å²) >= 11 is 1.35. The minimum Gasteiger partial charge on any atom is -0.360 e. The van der Waals surface area contributed by atoms with E-state index in [1.165, 1.54) is 17.9 Å². The van der Waals surface area contributed by atoms with Crippen molar-refractivity contribution in [1.82, 2.24) is 24.1 Å². The van der Waals surface area contributed by atoms with Crippen molar-refractivity contribution in [2.24, 2.45) is 7.05 Å². The number of hydrogen-bond donors (Lipinski definition) is 1. The minimum absolute atomic E-state index is 0.777. The number of nitrogens with one attached hydrogen (secondary N) is 1. The molecular formula is C7H10N6S. The smallest absolute Gasteiger partial charge is 0.202 e. The van der Waals surface area contributed by atoms with Crippen molar-refractivity contribution in [1.29, 1.82) is 0 Å². The third-order valence-corrected chi connectivity index (χ3v) is 2.26. The summed E-state index contributed by atoms with van der Waals surface area (Å²) in [7, 11) is 1.86. The number of anilines is 1. The molecule has 0 amide bonds. The van der Waals surface area contributed by atoms with Gasteiger partial charge in [0.05, 0.1) is 0 Å². The van der Waals surface area contributed by atoms with E-state index in [9.17, 15) is 0 Å². The van der Waals surface area contributed by atoms with Crippen molar-refractivity contribution in [2.75, 3.05) is 11.9 Å². The van der Waals surface area contributed by atoms with Crippen LogP contribution in [-0.2, 0) is 13.5 Å². The van der Waals surface area contributed by atoms with E-state index in [2.05, 4.69) is 24.8 Å². The van der Waals surface area contributed by atoms with E-state index >= 15 is 0 Å². The van der Waals surface area contributed by atoms with Gasteiger partial charge in [0.2, 0.25) is 5.13 Å². The fourth-order valence-corrected chi connectivity index (χ4v) is 1.49. The van der Waals surface area contributed by atoms with Gasteiger partial charge in [-0.1, -0.05) is 0 Å². The molecule has 2 heterocycles. The van der Waals surface area contributed by atoms with Crippen LogP contribution in [0.3, 0.4) is 0 Å². The highest BCUT2D eigenvalue weighted by molar-refractivity contribution is 7.09. The Kier molecular flexibility index (Phi) is 2.68.